The van der Waals surface area contributed by atoms with Crippen molar-refractivity contribution < 1.29 is 14.3 Å². The molecule has 0 unspecified atom stereocenters. The quantitative estimate of drug-likeness (QED) is 0.594. The van der Waals surface area contributed by atoms with Gasteiger partial charge >= 0.3 is 0 Å². The lowest BCUT2D eigenvalue weighted by Gasteiger charge is -2.17. The lowest BCUT2D eigenvalue weighted by molar-refractivity contribution is 0.0994. The van der Waals surface area contributed by atoms with Crippen LogP contribution in [0.5, 0.6) is 5.75 Å². The molecule has 6 nitrogen and oxygen atoms in total. The lowest BCUT2D eigenvalue weighted by Crippen LogP contribution is -2.17. The Hall–Kier alpha value is -3.80. The van der Waals surface area contributed by atoms with Gasteiger partial charge in [0.1, 0.15) is 12.4 Å². The third-order valence-corrected chi connectivity index (χ3v) is 4.76. The summed E-state index contributed by atoms with van der Waals surface area (Å²) in [4.78, 5) is 26.3. The molecule has 0 aliphatic heterocycles. The van der Waals surface area contributed by atoms with Gasteiger partial charge < -0.3 is 20.7 Å². The van der Waals surface area contributed by atoms with Crippen LogP contribution >= 0.6 is 0 Å². The molecule has 2 amide bonds. The van der Waals surface area contributed by atoms with Gasteiger partial charge in [-0.15, -0.1) is 0 Å². The van der Waals surface area contributed by atoms with Crippen LogP contribution in [0.25, 0.3) is 0 Å². The van der Waals surface area contributed by atoms with Crippen LogP contribution in [0.4, 0.5) is 11.4 Å². The largest absolute Gasteiger partial charge is 0.488 e. The molecular weight excluding hydrogens is 378 g/mol. The number of para-hydroxylation sites is 1. The molecule has 0 atom stereocenters. The molecule has 3 aromatic carbocycles. The van der Waals surface area contributed by atoms with Crippen LogP contribution in [0.15, 0.2) is 72.8 Å². The van der Waals surface area contributed by atoms with Crippen LogP contribution in [0.2, 0.25) is 0 Å². The lowest BCUT2D eigenvalue weighted by atomic mass is 10.1. The van der Waals surface area contributed by atoms with Crippen molar-refractivity contribution in [3.63, 3.8) is 0 Å². The van der Waals surface area contributed by atoms with Crippen molar-refractivity contribution in [2.45, 2.75) is 13.5 Å². The van der Waals surface area contributed by atoms with Crippen molar-refractivity contribution in [2.24, 2.45) is 5.73 Å². The van der Waals surface area contributed by atoms with E-state index < -0.39 is 5.91 Å². The molecule has 0 saturated carbocycles. The van der Waals surface area contributed by atoms with Crippen LogP contribution in [0, 0.1) is 0 Å². The fourth-order valence-electron chi connectivity index (χ4n) is 2.97. The first-order valence-electron chi connectivity index (χ1n) is 9.71. The van der Waals surface area contributed by atoms with Crippen molar-refractivity contribution in [3.8, 4) is 5.75 Å². The Morgan fingerprint density at radius 2 is 1.77 bits per heavy atom. The molecule has 3 N–H and O–H groups in total. The second-order valence-electron chi connectivity index (χ2n) is 6.87. The standard InChI is InChI=1S/C24H25N3O3/c1-3-27(2)20-11-7-10-19(15-20)26-24(29)18-9-6-8-17(14-18)16-30-22-13-5-4-12-21(22)23(25)28/h4-15H,3,16H2,1-2H3,(H2,25,28)(H,26,29). The van der Waals surface area contributed by atoms with Gasteiger partial charge in [-0.25, -0.2) is 0 Å². The van der Waals surface area contributed by atoms with Crippen LogP contribution in [-0.4, -0.2) is 25.4 Å². The summed E-state index contributed by atoms with van der Waals surface area (Å²) in [6, 6.07) is 21.7. The van der Waals surface area contributed by atoms with E-state index in [1.165, 1.54) is 0 Å². The Kier molecular flexibility index (Phi) is 6.70. The highest BCUT2D eigenvalue weighted by Gasteiger charge is 2.11. The maximum atomic E-state index is 12.7. The van der Waals surface area contributed by atoms with E-state index in [4.69, 9.17) is 10.5 Å². The van der Waals surface area contributed by atoms with E-state index in [0.717, 1.165) is 23.5 Å². The van der Waals surface area contributed by atoms with Gasteiger partial charge in [0.25, 0.3) is 11.8 Å². The summed E-state index contributed by atoms with van der Waals surface area (Å²) in [6.45, 7) is 3.15. The summed E-state index contributed by atoms with van der Waals surface area (Å²) in [7, 11) is 2.00. The molecule has 154 valence electrons. The summed E-state index contributed by atoms with van der Waals surface area (Å²) in [5.41, 5.74) is 8.80. The van der Waals surface area contributed by atoms with Gasteiger partial charge in [-0.2, -0.15) is 0 Å². The van der Waals surface area contributed by atoms with Gasteiger partial charge in [-0.1, -0.05) is 30.3 Å². The summed E-state index contributed by atoms with van der Waals surface area (Å²) < 4.78 is 5.75. The van der Waals surface area contributed by atoms with Crippen molar-refractivity contribution in [1.29, 1.82) is 0 Å². The molecule has 0 aliphatic rings. The molecule has 0 saturated heterocycles. The number of nitrogens with two attached hydrogens (primary N) is 1. The third-order valence-electron chi connectivity index (χ3n) is 4.76. The highest BCUT2D eigenvalue weighted by Crippen LogP contribution is 2.21. The van der Waals surface area contributed by atoms with E-state index in [1.54, 1.807) is 42.5 Å². The minimum atomic E-state index is -0.547. The summed E-state index contributed by atoms with van der Waals surface area (Å²) in [5, 5.41) is 2.94. The Bertz CT molecular complexity index is 1050. The second-order valence-corrected chi connectivity index (χ2v) is 6.87. The van der Waals surface area contributed by atoms with Gasteiger partial charge in [-0.3, -0.25) is 9.59 Å². The highest BCUT2D eigenvalue weighted by atomic mass is 16.5. The highest BCUT2D eigenvalue weighted by molar-refractivity contribution is 6.04. The fraction of sp³-hybridized carbons (Fsp3) is 0.167. The minimum absolute atomic E-state index is 0.203. The van der Waals surface area contributed by atoms with Crippen molar-refractivity contribution in [3.05, 3.63) is 89.5 Å². The fourth-order valence-corrected chi connectivity index (χ4v) is 2.97. The number of anilines is 2. The normalized spacial score (nSPS) is 10.3. The summed E-state index contributed by atoms with van der Waals surface area (Å²) >= 11 is 0. The first kappa shape index (κ1) is 20.9. The number of carbonyl (C=O) groups excluding carboxylic acids is 2. The number of benzene rings is 3. The maximum Gasteiger partial charge on any atom is 0.255 e. The second kappa shape index (κ2) is 9.60. The number of carbonyl (C=O) groups is 2. The Morgan fingerprint density at radius 3 is 2.53 bits per heavy atom. The predicted molar refractivity (Wildman–Crippen MR) is 119 cm³/mol. The molecule has 6 heteroatoms. The Morgan fingerprint density at radius 1 is 1.00 bits per heavy atom. The molecule has 0 radical (unpaired) electrons. The van der Waals surface area contributed by atoms with E-state index in [1.807, 2.05) is 37.4 Å². The van der Waals surface area contributed by atoms with Crippen LogP contribution in [0.3, 0.4) is 0 Å². The summed E-state index contributed by atoms with van der Waals surface area (Å²) in [6.07, 6.45) is 0. The van der Waals surface area contributed by atoms with Gasteiger partial charge in [0.05, 0.1) is 5.56 Å². The molecule has 0 spiro atoms. The molecule has 0 bridgehead atoms. The van der Waals surface area contributed by atoms with Gasteiger partial charge in [0, 0.05) is 30.5 Å². The van der Waals surface area contributed by atoms with Crippen LogP contribution in [-0.2, 0) is 6.61 Å². The smallest absolute Gasteiger partial charge is 0.255 e. The number of nitrogens with zero attached hydrogens (tertiary/aromatic N) is 1. The monoisotopic (exact) mass is 403 g/mol. The van der Waals surface area contributed by atoms with E-state index in [2.05, 4.69) is 17.1 Å². The number of rotatable bonds is 8. The zero-order valence-corrected chi connectivity index (χ0v) is 17.1. The van der Waals surface area contributed by atoms with Crippen molar-refractivity contribution >= 4 is 23.2 Å². The molecule has 30 heavy (non-hydrogen) atoms. The number of ether oxygens (including phenoxy) is 1. The van der Waals surface area contributed by atoms with Crippen LogP contribution < -0.4 is 20.7 Å². The molecular formula is C24H25N3O3. The topological polar surface area (TPSA) is 84.7 Å². The van der Waals surface area contributed by atoms with Crippen LogP contribution in [0.1, 0.15) is 33.2 Å². The SMILES string of the molecule is CCN(C)c1cccc(NC(=O)c2cccc(COc3ccccc3C(N)=O)c2)c1. The third kappa shape index (κ3) is 5.17. The Labute approximate surface area is 176 Å². The molecule has 0 fully saturated rings. The number of hydrogen-bond donors (Lipinski definition) is 2. The Balaban J connectivity index is 1.70. The van der Waals surface area contributed by atoms with Crippen molar-refractivity contribution in [2.75, 3.05) is 23.8 Å². The van der Waals surface area contributed by atoms with Gasteiger partial charge in [0.15, 0.2) is 0 Å². The molecule has 3 aromatic rings. The summed E-state index contributed by atoms with van der Waals surface area (Å²) in [5.74, 6) is -0.336. The molecule has 0 aromatic heterocycles. The first-order valence-corrected chi connectivity index (χ1v) is 9.71. The maximum absolute atomic E-state index is 12.7. The van der Waals surface area contributed by atoms with E-state index in [-0.39, 0.29) is 12.5 Å². The number of amides is 2. The predicted octanol–water partition coefficient (Wildman–Crippen LogP) is 4.07. The minimum Gasteiger partial charge on any atom is -0.488 e. The number of primary amides is 1. The molecule has 3 rings (SSSR count). The first-order chi connectivity index (χ1) is 14.5. The zero-order chi connectivity index (χ0) is 21.5. The van der Waals surface area contributed by atoms with Crippen molar-refractivity contribution in [1.82, 2.24) is 0 Å². The van der Waals surface area contributed by atoms with Gasteiger partial charge in [0.2, 0.25) is 0 Å². The number of hydrogen-bond acceptors (Lipinski definition) is 4. The van der Waals surface area contributed by atoms with Gasteiger partial charge in [-0.05, 0) is 55.0 Å². The average Bonchev–Trinajstić information content (AvgIpc) is 2.77. The zero-order valence-electron chi connectivity index (χ0n) is 17.1. The molecule has 0 heterocycles. The van der Waals surface area contributed by atoms with E-state index in [0.29, 0.717) is 16.9 Å². The molecule has 0 aliphatic carbocycles. The van der Waals surface area contributed by atoms with E-state index >= 15 is 0 Å². The average molecular weight is 403 g/mol. The van der Waals surface area contributed by atoms with E-state index in [9.17, 15) is 9.59 Å². The number of nitrogens with one attached hydrogen (secondary N) is 1.